The number of carbonyl (C=O) groups excluding carboxylic acids is 2. The molecular formula is C15H19N5O5. The minimum absolute atomic E-state index is 0.0138. The zero-order chi connectivity index (χ0) is 18.9. The van der Waals surface area contributed by atoms with E-state index >= 15 is 0 Å². The van der Waals surface area contributed by atoms with Crippen LogP contribution in [0.2, 0.25) is 0 Å². The smallest absolute Gasteiger partial charge is 0.355 e. The van der Waals surface area contributed by atoms with Gasteiger partial charge in [-0.25, -0.2) is 4.79 Å². The van der Waals surface area contributed by atoms with Gasteiger partial charge in [-0.05, 0) is 20.8 Å². The molecule has 134 valence electrons. The van der Waals surface area contributed by atoms with Crippen LogP contribution in [0.5, 0.6) is 0 Å². The molecular weight excluding hydrogens is 330 g/mol. The van der Waals surface area contributed by atoms with Gasteiger partial charge in [0.05, 0.1) is 28.2 Å². The Balaban J connectivity index is 2.08. The fourth-order valence-electron chi connectivity index (χ4n) is 2.30. The third-order valence-electron chi connectivity index (χ3n) is 3.82. The van der Waals surface area contributed by atoms with E-state index in [0.29, 0.717) is 11.4 Å². The number of anilines is 1. The molecule has 0 aliphatic rings. The van der Waals surface area contributed by atoms with Crippen LogP contribution in [-0.4, -0.2) is 37.3 Å². The average Bonchev–Trinajstić information content (AvgIpc) is 3.02. The van der Waals surface area contributed by atoms with Gasteiger partial charge in [0.1, 0.15) is 5.69 Å². The SMILES string of the molecule is Cc1nn(C)c(C)c1NC(=O)C(C)OC(=O)c1cc([N+](=O)[O-])cn1C. The van der Waals surface area contributed by atoms with Crippen molar-refractivity contribution in [3.63, 3.8) is 0 Å². The molecule has 2 heterocycles. The van der Waals surface area contributed by atoms with Gasteiger partial charge in [-0.3, -0.25) is 19.6 Å². The maximum atomic E-state index is 12.3. The van der Waals surface area contributed by atoms with Crippen molar-refractivity contribution >= 4 is 23.3 Å². The Morgan fingerprint density at radius 3 is 2.48 bits per heavy atom. The van der Waals surface area contributed by atoms with E-state index in [0.717, 1.165) is 11.8 Å². The number of ether oxygens (including phenoxy) is 1. The van der Waals surface area contributed by atoms with Gasteiger partial charge in [0.2, 0.25) is 0 Å². The third-order valence-corrected chi connectivity index (χ3v) is 3.82. The molecule has 10 heteroatoms. The lowest BCUT2D eigenvalue weighted by atomic mass is 10.3. The molecule has 0 spiro atoms. The number of nitrogens with one attached hydrogen (secondary N) is 1. The summed E-state index contributed by atoms with van der Waals surface area (Å²) >= 11 is 0. The second-order valence-electron chi connectivity index (χ2n) is 5.66. The summed E-state index contributed by atoms with van der Waals surface area (Å²) in [5.41, 5.74) is 1.73. The molecule has 1 atom stereocenters. The number of nitro groups is 1. The molecule has 2 aromatic heterocycles. The first-order valence-corrected chi connectivity index (χ1v) is 7.44. The van der Waals surface area contributed by atoms with Gasteiger partial charge in [0.15, 0.2) is 6.10 Å². The summed E-state index contributed by atoms with van der Waals surface area (Å²) < 4.78 is 8.02. The van der Waals surface area contributed by atoms with E-state index in [-0.39, 0.29) is 11.4 Å². The number of hydrogen-bond acceptors (Lipinski definition) is 6. The molecule has 1 amide bonds. The number of rotatable bonds is 5. The number of esters is 1. The van der Waals surface area contributed by atoms with E-state index in [1.165, 1.54) is 24.7 Å². The summed E-state index contributed by atoms with van der Waals surface area (Å²) in [4.78, 5) is 34.5. The Morgan fingerprint density at radius 1 is 1.36 bits per heavy atom. The second kappa shape index (κ2) is 6.75. The highest BCUT2D eigenvalue weighted by molar-refractivity contribution is 5.97. The maximum absolute atomic E-state index is 12.3. The number of carbonyl (C=O) groups is 2. The fraction of sp³-hybridized carbons (Fsp3) is 0.400. The first kappa shape index (κ1) is 18.2. The Kier molecular flexibility index (Phi) is 4.91. The predicted octanol–water partition coefficient (Wildman–Crippen LogP) is 1.47. The molecule has 10 nitrogen and oxygen atoms in total. The van der Waals surface area contributed by atoms with Crippen LogP contribution >= 0.6 is 0 Å². The minimum Gasteiger partial charge on any atom is -0.448 e. The first-order valence-electron chi connectivity index (χ1n) is 7.44. The van der Waals surface area contributed by atoms with Crippen LogP contribution in [0.4, 0.5) is 11.4 Å². The standard InChI is InChI=1S/C15H19N5O5/c1-8-13(9(2)19(5)17-8)16-14(21)10(3)25-15(22)12-6-11(20(23)24)7-18(12)4/h6-7,10H,1-5H3,(H,16,21). The number of aromatic nitrogens is 3. The van der Waals surface area contributed by atoms with Gasteiger partial charge in [0.25, 0.3) is 11.6 Å². The molecule has 1 unspecified atom stereocenters. The summed E-state index contributed by atoms with van der Waals surface area (Å²) in [6.07, 6.45) is 0.115. The van der Waals surface area contributed by atoms with Crippen molar-refractivity contribution in [1.29, 1.82) is 0 Å². The molecule has 0 saturated heterocycles. The van der Waals surface area contributed by atoms with Crippen LogP contribution in [0.3, 0.4) is 0 Å². The van der Waals surface area contributed by atoms with Gasteiger partial charge in [0, 0.05) is 20.2 Å². The highest BCUT2D eigenvalue weighted by Crippen LogP contribution is 2.20. The Hall–Kier alpha value is -3.17. The van der Waals surface area contributed by atoms with E-state index in [1.54, 1.807) is 25.6 Å². The quantitative estimate of drug-likeness (QED) is 0.495. The Morgan fingerprint density at radius 2 is 2.00 bits per heavy atom. The van der Waals surface area contributed by atoms with Gasteiger partial charge in [-0.2, -0.15) is 5.10 Å². The average molecular weight is 349 g/mol. The molecule has 0 bridgehead atoms. The minimum atomic E-state index is -1.08. The zero-order valence-corrected chi connectivity index (χ0v) is 14.6. The number of amides is 1. The van der Waals surface area contributed by atoms with Gasteiger partial charge in [-0.1, -0.05) is 0 Å². The number of nitrogens with zero attached hydrogens (tertiary/aromatic N) is 4. The molecule has 0 aliphatic heterocycles. The van der Waals surface area contributed by atoms with Crippen molar-refractivity contribution in [2.24, 2.45) is 14.1 Å². The van der Waals surface area contributed by atoms with Crippen LogP contribution in [0.15, 0.2) is 12.3 Å². The summed E-state index contributed by atoms with van der Waals surface area (Å²) in [6, 6.07) is 1.10. The van der Waals surface area contributed by atoms with Crippen LogP contribution in [0.25, 0.3) is 0 Å². The van der Waals surface area contributed by atoms with Crippen molar-refractivity contribution in [3.05, 3.63) is 39.5 Å². The monoisotopic (exact) mass is 349 g/mol. The molecule has 25 heavy (non-hydrogen) atoms. The van der Waals surface area contributed by atoms with Gasteiger partial charge in [-0.15, -0.1) is 0 Å². The molecule has 1 N–H and O–H groups in total. The summed E-state index contributed by atoms with van der Waals surface area (Å²) in [6.45, 7) is 4.98. The van der Waals surface area contributed by atoms with Crippen molar-refractivity contribution in [2.75, 3.05) is 5.32 Å². The zero-order valence-electron chi connectivity index (χ0n) is 14.6. The third kappa shape index (κ3) is 3.67. The molecule has 0 saturated carbocycles. The first-order chi connectivity index (χ1) is 11.6. The van der Waals surface area contributed by atoms with Crippen molar-refractivity contribution < 1.29 is 19.2 Å². The van der Waals surface area contributed by atoms with Crippen molar-refractivity contribution in [1.82, 2.24) is 14.3 Å². The lowest BCUT2D eigenvalue weighted by Crippen LogP contribution is -2.30. The maximum Gasteiger partial charge on any atom is 0.355 e. The topological polar surface area (TPSA) is 121 Å². The van der Waals surface area contributed by atoms with Crippen molar-refractivity contribution in [2.45, 2.75) is 26.9 Å². The summed E-state index contributed by atoms with van der Waals surface area (Å²) in [5.74, 6) is -1.34. The summed E-state index contributed by atoms with van der Waals surface area (Å²) in [5, 5.41) is 17.6. The van der Waals surface area contributed by atoms with Crippen LogP contribution in [0, 0.1) is 24.0 Å². The largest absolute Gasteiger partial charge is 0.448 e. The van der Waals surface area contributed by atoms with Crippen LogP contribution in [0.1, 0.15) is 28.8 Å². The molecule has 0 radical (unpaired) electrons. The van der Waals surface area contributed by atoms with Crippen molar-refractivity contribution in [3.8, 4) is 0 Å². The Bertz CT molecular complexity index is 851. The van der Waals surface area contributed by atoms with E-state index in [1.807, 2.05) is 0 Å². The molecule has 0 aromatic carbocycles. The highest BCUT2D eigenvalue weighted by Gasteiger charge is 2.24. The number of aryl methyl sites for hydroxylation is 3. The Labute approximate surface area is 143 Å². The van der Waals surface area contributed by atoms with Crippen LogP contribution < -0.4 is 5.32 Å². The predicted molar refractivity (Wildman–Crippen MR) is 88.3 cm³/mol. The van der Waals surface area contributed by atoms with E-state index in [2.05, 4.69) is 10.4 Å². The lowest BCUT2D eigenvalue weighted by Gasteiger charge is -2.14. The lowest BCUT2D eigenvalue weighted by molar-refractivity contribution is -0.384. The normalized spacial score (nSPS) is 11.9. The van der Waals surface area contributed by atoms with E-state index in [4.69, 9.17) is 4.74 Å². The molecule has 2 rings (SSSR count). The van der Waals surface area contributed by atoms with E-state index in [9.17, 15) is 19.7 Å². The van der Waals surface area contributed by atoms with E-state index < -0.39 is 22.9 Å². The van der Waals surface area contributed by atoms with Gasteiger partial charge >= 0.3 is 5.97 Å². The van der Waals surface area contributed by atoms with Gasteiger partial charge < -0.3 is 14.6 Å². The fourth-order valence-corrected chi connectivity index (χ4v) is 2.30. The molecule has 0 aliphatic carbocycles. The highest BCUT2D eigenvalue weighted by atomic mass is 16.6. The number of hydrogen-bond donors (Lipinski definition) is 1. The summed E-state index contributed by atoms with van der Waals surface area (Å²) in [7, 11) is 3.24. The van der Waals surface area contributed by atoms with Crippen LogP contribution in [-0.2, 0) is 23.6 Å². The second-order valence-corrected chi connectivity index (χ2v) is 5.66. The molecule has 2 aromatic rings. The molecule has 0 fully saturated rings.